The van der Waals surface area contributed by atoms with Crippen molar-refractivity contribution in [1.82, 2.24) is 5.32 Å². The van der Waals surface area contributed by atoms with E-state index in [0.717, 1.165) is 19.3 Å². The number of carbonyl (C=O) groups is 1. The van der Waals surface area contributed by atoms with E-state index < -0.39 is 11.1 Å². The van der Waals surface area contributed by atoms with Crippen molar-refractivity contribution in [3.63, 3.8) is 0 Å². The molecule has 0 aliphatic heterocycles. The molecule has 1 aromatic rings. The Labute approximate surface area is 121 Å². The van der Waals surface area contributed by atoms with E-state index in [1.807, 2.05) is 19.9 Å². The third-order valence-corrected chi connectivity index (χ3v) is 4.68. The number of hydrogen-bond acceptors (Lipinski definition) is 2. The van der Waals surface area contributed by atoms with Gasteiger partial charge in [-0.1, -0.05) is 24.3 Å². The molecule has 1 unspecified atom stereocenters. The van der Waals surface area contributed by atoms with Gasteiger partial charge in [0.05, 0.1) is 11.1 Å². The molecule has 2 rings (SSSR count). The fourth-order valence-electron chi connectivity index (χ4n) is 2.48. The lowest BCUT2D eigenvalue weighted by atomic mass is 9.81. The SMILES string of the molecule is CC(C)(O)C(C)(C)NC(=O)C1CCc2ccccc2C1. The van der Waals surface area contributed by atoms with E-state index in [9.17, 15) is 9.90 Å². The highest BCUT2D eigenvalue weighted by Crippen LogP contribution is 2.27. The summed E-state index contributed by atoms with van der Waals surface area (Å²) in [5.41, 5.74) is 1.05. The fraction of sp³-hybridized carbons (Fsp3) is 0.588. The van der Waals surface area contributed by atoms with Gasteiger partial charge in [0.15, 0.2) is 0 Å². The zero-order valence-electron chi connectivity index (χ0n) is 12.9. The van der Waals surface area contributed by atoms with E-state index >= 15 is 0 Å². The second-order valence-electron chi connectivity index (χ2n) is 6.88. The van der Waals surface area contributed by atoms with Crippen molar-refractivity contribution in [2.75, 3.05) is 0 Å². The maximum Gasteiger partial charge on any atom is 0.223 e. The zero-order chi connectivity index (χ0) is 15.0. The maximum absolute atomic E-state index is 12.4. The molecule has 110 valence electrons. The van der Waals surface area contributed by atoms with Crippen LogP contribution < -0.4 is 5.32 Å². The van der Waals surface area contributed by atoms with Gasteiger partial charge in [0.2, 0.25) is 5.91 Å². The Balaban J connectivity index is 2.06. The van der Waals surface area contributed by atoms with Crippen LogP contribution in [0.25, 0.3) is 0 Å². The van der Waals surface area contributed by atoms with Crippen molar-refractivity contribution < 1.29 is 9.90 Å². The summed E-state index contributed by atoms with van der Waals surface area (Å²) in [4.78, 5) is 12.4. The molecular formula is C17H25NO2. The van der Waals surface area contributed by atoms with Crippen molar-refractivity contribution in [1.29, 1.82) is 0 Å². The molecule has 2 N–H and O–H groups in total. The van der Waals surface area contributed by atoms with Gasteiger partial charge in [-0.3, -0.25) is 4.79 Å². The van der Waals surface area contributed by atoms with Crippen molar-refractivity contribution in [3.05, 3.63) is 35.4 Å². The number of rotatable bonds is 3. The summed E-state index contributed by atoms with van der Waals surface area (Å²) in [5, 5.41) is 13.1. The predicted octanol–water partition coefficient (Wildman–Crippen LogP) is 2.46. The Kier molecular flexibility index (Phi) is 3.92. The van der Waals surface area contributed by atoms with Gasteiger partial charge < -0.3 is 10.4 Å². The lowest BCUT2D eigenvalue weighted by Gasteiger charge is -2.39. The number of fused-ring (bicyclic) bond motifs is 1. The first kappa shape index (κ1) is 15.0. The van der Waals surface area contributed by atoms with Crippen LogP contribution in [0.3, 0.4) is 0 Å². The van der Waals surface area contributed by atoms with E-state index in [0.29, 0.717) is 0 Å². The molecule has 0 saturated carbocycles. The van der Waals surface area contributed by atoms with Crippen LogP contribution in [-0.4, -0.2) is 22.2 Å². The summed E-state index contributed by atoms with van der Waals surface area (Å²) in [6, 6.07) is 8.33. The van der Waals surface area contributed by atoms with Gasteiger partial charge in [0, 0.05) is 5.92 Å². The van der Waals surface area contributed by atoms with Crippen LogP contribution in [-0.2, 0) is 17.6 Å². The highest BCUT2D eigenvalue weighted by molar-refractivity contribution is 5.80. The van der Waals surface area contributed by atoms with Gasteiger partial charge in [-0.2, -0.15) is 0 Å². The first-order chi connectivity index (χ1) is 9.21. The van der Waals surface area contributed by atoms with Gasteiger partial charge in [-0.25, -0.2) is 0 Å². The molecule has 1 aromatic carbocycles. The van der Waals surface area contributed by atoms with E-state index in [-0.39, 0.29) is 11.8 Å². The molecule has 1 aliphatic rings. The fourth-order valence-corrected chi connectivity index (χ4v) is 2.48. The average Bonchev–Trinajstić information content (AvgIpc) is 2.36. The minimum atomic E-state index is -0.949. The lowest BCUT2D eigenvalue weighted by Crippen LogP contribution is -2.59. The summed E-state index contributed by atoms with van der Waals surface area (Å²) in [7, 11) is 0. The molecule has 1 amide bonds. The van der Waals surface area contributed by atoms with Crippen molar-refractivity contribution >= 4 is 5.91 Å². The first-order valence-corrected chi connectivity index (χ1v) is 7.32. The Morgan fingerprint density at radius 1 is 1.20 bits per heavy atom. The summed E-state index contributed by atoms with van der Waals surface area (Å²) in [5.74, 6) is 0.0538. The van der Waals surface area contributed by atoms with Gasteiger partial charge in [0.25, 0.3) is 0 Å². The van der Waals surface area contributed by atoms with Crippen LogP contribution in [0.5, 0.6) is 0 Å². The molecule has 3 heteroatoms. The number of hydrogen-bond donors (Lipinski definition) is 2. The van der Waals surface area contributed by atoms with Crippen LogP contribution in [0.1, 0.15) is 45.2 Å². The Hall–Kier alpha value is -1.35. The predicted molar refractivity (Wildman–Crippen MR) is 80.5 cm³/mol. The molecule has 1 aliphatic carbocycles. The first-order valence-electron chi connectivity index (χ1n) is 7.32. The molecular weight excluding hydrogens is 250 g/mol. The molecule has 20 heavy (non-hydrogen) atoms. The second-order valence-corrected chi connectivity index (χ2v) is 6.88. The Morgan fingerprint density at radius 3 is 2.40 bits per heavy atom. The topological polar surface area (TPSA) is 49.3 Å². The Bertz CT molecular complexity index is 500. The molecule has 0 fully saturated rings. The third kappa shape index (κ3) is 3.04. The van der Waals surface area contributed by atoms with E-state index in [1.54, 1.807) is 13.8 Å². The average molecular weight is 275 g/mol. The lowest BCUT2D eigenvalue weighted by molar-refractivity contribution is -0.130. The number of aliphatic hydroxyl groups is 1. The summed E-state index contributed by atoms with van der Waals surface area (Å²) in [6.07, 6.45) is 2.63. The highest BCUT2D eigenvalue weighted by atomic mass is 16.3. The monoisotopic (exact) mass is 275 g/mol. The number of benzene rings is 1. The van der Waals surface area contributed by atoms with Crippen molar-refractivity contribution in [3.8, 4) is 0 Å². The maximum atomic E-state index is 12.4. The molecule has 0 bridgehead atoms. The van der Waals surface area contributed by atoms with E-state index in [1.165, 1.54) is 11.1 Å². The summed E-state index contributed by atoms with van der Waals surface area (Å²) >= 11 is 0. The minimum Gasteiger partial charge on any atom is -0.388 e. The highest BCUT2D eigenvalue weighted by Gasteiger charge is 2.38. The molecule has 3 nitrogen and oxygen atoms in total. The third-order valence-electron chi connectivity index (χ3n) is 4.68. The minimum absolute atomic E-state index is 0.00604. The van der Waals surface area contributed by atoms with Gasteiger partial charge in [-0.05, 0) is 58.1 Å². The number of carbonyl (C=O) groups excluding carboxylic acids is 1. The van der Waals surface area contributed by atoms with Crippen molar-refractivity contribution in [2.24, 2.45) is 5.92 Å². The van der Waals surface area contributed by atoms with Crippen LogP contribution in [0.2, 0.25) is 0 Å². The normalized spacial score (nSPS) is 19.4. The van der Waals surface area contributed by atoms with Crippen LogP contribution in [0.4, 0.5) is 0 Å². The molecule has 0 aromatic heterocycles. The standard InChI is InChI=1S/C17H25NO2/c1-16(2,17(3,4)20)18-15(19)14-10-9-12-7-5-6-8-13(12)11-14/h5-8,14,20H,9-11H2,1-4H3,(H,18,19). The van der Waals surface area contributed by atoms with Crippen LogP contribution >= 0.6 is 0 Å². The smallest absolute Gasteiger partial charge is 0.223 e. The van der Waals surface area contributed by atoms with Gasteiger partial charge in [0.1, 0.15) is 0 Å². The number of aryl methyl sites for hydroxylation is 1. The molecule has 0 heterocycles. The quantitative estimate of drug-likeness (QED) is 0.890. The van der Waals surface area contributed by atoms with Gasteiger partial charge in [-0.15, -0.1) is 0 Å². The second kappa shape index (κ2) is 5.21. The molecule has 0 spiro atoms. The van der Waals surface area contributed by atoms with E-state index in [2.05, 4.69) is 23.5 Å². The van der Waals surface area contributed by atoms with Gasteiger partial charge >= 0.3 is 0 Å². The summed E-state index contributed by atoms with van der Waals surface area (Å²) < 4.78 is 0. The Morgan fingerprint density at radius 2 is 1.80 bits per heavy atom. The van der Waals surface area contributed by atoms with E-state index in [4.69, 9.17) is 0 Å². The molecule has 0 saturated heterocycles. The largest absolute Gasteiger partial charge is 0.388 e. The van der Waals surface area contributed by atoms with Crippen molar-refractivity contribution in [2.45, 2.75) is 58.1 Å². The number of nitrogens with one attached hydrogen (secondary N) is 1. The zero-order valence-corrected chi connectivity index (χ0v) is 12.9. The molecule has 1 atom stereocenters. The number of amides is 1. The van der Waals surface area contributed by atoms with Crippen LogP contribution in [0.15, 0.2) is 24.3 Å². The van der Waals surface area contributed by atoms with Crippen LogP contribution in [0, 0.1) is 5.92 Å². The summed E-state index contributed by atoms with van der Waals surface area (Å²) in [6.45, 7) is 7.18. The molecule has 0 radical (unpaired) electrons.